The van der Waals surface area contributed by atoms with Gasteiger partial charge < -0.3 is 14.8 Å². The number of anilines is 1. The average molecular weight is 447 g/mol. The molecule has 1 aliphatic heterocycles. The number of piperidine rings is 1. The average Bonchev–Trinajstić information content (AvgIpc) is 2.79. The van der Waals surface area contributed by atoms with Gasteiger partial charge in [0.2, 0.25) is 10.0 Å². The normalized spacial score (nSPS) is 15.3. The van der Waals surface area contributed by atoms with Crippen molar-refractivity contribution in [3.05, 3.63) is 54.6 Å². The summed E-state index contributed by atoms with van der Waals surface area (Å²) in [6, 6.07) is 16.2. The fourth-order valence-corrected chi connectivity index (χ4v) is 4.40. The van der Waals surface area contributed by atoms with Crippen molar-refractivity contribution < 1.29 is 27.5 Å². The molecule has 8 nitrogen and oxygen atoms in total. The topological polar surface area (TPSA) is 102 Å². The molecule has 3 rings (SSSR count). The third-order valence-corrected chi connectivity index (χ3v) is 6.90. The Kier molecular flexibility index (Phi) is 7.64. The quantitative estimate of drug-likeness (QED) is 0.626. The van der Waals surface area contributed by atoms with Crippen LogP contribution in [0.4, 0.5) is 5.69 Å². The molecule has 2 aromatic carbocycles. The summed E-state index contributed by atoms with van der Waals surface area (Å²) in [6.45, 7) is 1.74. The Morgan fingerprint density at radius 3 is 2.35 bits per heavy atom. The Bertz CT molecular complexity index is 1000. The van der Waals surface area contributed by atoms with E-state index < -0.39 is 34.4 Å². The molecule has 9 heteroatoms. The third kappa shape index (κ3) is 6.28. The first-order valence-electron chi connectivity index (χ1n) is 10.2. The van der Waals surface area contributed by atoms with E-state index in [1.54, 1.807) is 43.3 Å². The van der Waals surface area contributed by atoms with Crippen LogP contribution in [-0.4, -0.2) is 50.0 Å². The lowest BCUT2D eigenvalue weighted by atomic mass is 9.98. The first-order chi connectivity index (χ1) is 14.9. The molecule has 0 bridgehead atoms. The standard InChI is InChI=1S/C22H26N2O6S/c1-2-31(27,28)24-14-12-17(13-15-24)22(26)29-16-21(25)23-19-10-6-7-11-20(19)30-18-8-4-3-5-9-18/h3-11,17H,2,12-16H2,1H3,(H,23,25). The van der Waals surface area contributed by atoms with Crippen LogP contribution in [-0.2, 0) is 24.3 Å². The van der Waals surface area contributed by atoms with Gasteiger partial charge in [0.05, 0.1) is 17.4 Å². The van der Waals surface area contributed by atoms with Gasteiger partial charge in [-0.1, -0.05) is 30.3 Å². The number of para-hydroxylation sites is 3. The second-order valence-electron chi connectivity index (χ2n) is 7.14. The van der Waals surface area contributed by atoms with Crippen molar-refractivity contribution in [1.82, 2.24) is 4.31 Å². The summed E-state index contributed by atoms with van der Waals surface area (Å²) in [6.07, 6.45) is 0.765. The Hall–Kier alpha value is -2.91. The van der Waals surface area contributed by atoms with Crippen LogP contribution >= 0.6 is 0 Å². The predicted octanol–water partition coefficient (Wildman–Crippen LogP) is 3.02. The largest absolute Gasteiger partial charge is 0.455 e. The molecule has 0 spiro atoms. The first-order valence-corrected chi connectivity index (χ1v) is 11.8. The number of rotatable bonds is 8. The van der Waals surface area contributed by atoms with Gasteiger partial charge in [0.15, 0.2) is 12.4 Å². The zero-order valence-electron chi connectivity index (χ0n) is 17.3. The molecule has 1 fully saturated rings. The predicted molar refractivity (Wildman–Crippen MR) is 116 cm³/mol. The number of nitrogens with one attached hydrogen (secondary N) is 1. The van der Waals surface area contributed by atoms with Gasteiger partial charge >= 0.3 is 5.97 Å². The fourth-order valence-electron chi connectivity index (χ4n) is 3.27. The molecule has 0 atom stereocenters. The molecule has 31 heavy (non-hydrogen) atoms. The van der Waals surface area contributed by atoms with Crippen molar-refractivity contribution in [1.29, 1.82) is 0 Å². The molecule has 0 unspecified atom stereocenters. The number of carbonyl (C=O) groups excluding carboxylic acids is 2. The van der Waals surface area contributed by atoms with E-state index in [1.165, 1.54) is 4.31 Å². The van der Waals surface area contributed by atoms with Crippen LogP contribution in [0.1, 0.15) is 19.8 Å². The van der Waals surface area contributed by atoms with Gasteiger partial charge in [0, 0.05) is 13.1 Å². The number of hydrogen-bond acceptors (Lipinski definition) is 6. The molecule has 1 aliphatic rings. The molecule has 0 aliphatic carbocycles. The maximum Gasteiger partial charge on any atom is 0.309 e. The summed E-state index contributed by atoms with van der Waals surface area (Å²) >= 11 is 0. The van der Waals surface area contributed by atoms with E-state index in [4.69, 9.17) is 9.47 Å². The molecular formula is C22H26N2O6S. The lowest BCUT2D eigenvalue weighted by Gasteiger charge is -2.29. The minimum Gasteiger partial charge on any atom is -0.455 e. The Morgan fingerprint density at radius 1 is 1.03 bits per heavy atom. The summed E-state index contributed by atoms with van der Waals surface area (Å²) in [7, 11) is -3.25. The van der Waals surface area contributed by atoms with Crippen LogP contribution in [0.15, 0.2) is 54.6 Å². The third-order valence-electron chi connectivity index (χ3n) is 5.02. The second-order valence-corrected chi connectivity index (χ2v) is 9.40. The van der Waals surface area contributed by atoms with Gasteiger partial charge in [0.1, 0.15) is 5.75 Å². The SMILES string of the molecule is CCS(=O)(=O)N1CCC(C(=O)OCC(=O)Nc2ccccc2Oc2ccccc2)CC1. The highest BCUT2D eigenvalue weighted by Gasteiger charge is 2.31. The molecular weight excluding hydrogens is 420 g/mol. The summed E-state index contributed by atoms with van der Waals surface area (Å²) in [5.74, 6) is -0.242. The minimum atomic E-state index is -3.25. The maximum absolute atomic E-state index is 12.3. The fraction of sp³-hybridized carbons (Fsp3) is 0.364. The molecule has 0 saturated carbocycles. The number of nitrogens with zero attached hydrogens (tertiary/aromatic N) is 1. The summed E-state index contributed by atoms with van der Waals surface area (Å²) in [4.78, 5) is 24.6. The van der Waals surface area contributed by atoms with Gasteiger partial charge in [-0.05, 0) is 44.0 Å². The monoisotopic (exact) mass is 446 g/mol. The maximum atomic E-state index is 12.3. The van der Waals surface area contributed by atoms with E-state index in [0.717, 1.165) is 0 Å². The lowest BCUT2D eigenvalue weighted by molar-refractivity contribution is -0.152. The number of carbonyl (C=O) groups is 2. The number of amides is 1. The number of benzene rings is 2. The van der Waals surface area contributed by atoms with Gasteiger partial charge in [0.25, 0.3) is 5.91 Å². The van der Waals surface area contributed by atoms with Crippen molar-refractivity contribution in [3.8, 4) is 11.5 Å². The molecule has 2 aromatic rings. The lowest BCUT2D eigenvalue weighted by Crippen LogP contribution is -2.41. The van der Waals surface area contributed by atoms with Crippen LogP contribution in [0.5, 0.6) is 11.5 Å². The summed E-state index contributed by atoms with van der Waals surface area (Å²) in [5.41, 5.74) is 0.463. The van der Waals surface area contributed by atoms with Gasteiger partial charge in [-0.25, -0.2) is 12.7 Å². The van der Waals surface area contributed by atoms with E-state index in [0.29, 0.717) is 30.0 Å². The number of hydrogen-bond donors (Lipinski definition) is 1. The van der Waals surface area contributed by atoms with E-state index in [2.05, 4.69) is 5.32 Å². The molecule has 0 aromatic heterocycles. The molecule has 166 valence electrons. The molecule has 0 radical (unpaired) electrons. The van der Waals surface area contributed by atoms with Crippen LogP contribution < -0.4 is 10.1 Å². The number of sulfonamides is 1. The van der Waals surface area contributed by atoms with E-state index >= 15 is 0 Å². The van der Waals surface area contributed by atoms with E-state index in [1.807, 2.05) is 18.2 Å². The highest BCUT2D eigenvalue weighted by Crippen LogP contribution is 2.29. The van der Waals surface area contributed by atoms with Gasteiger partial charge in [-0.3, -0.25) is 9.59 Å². The van der Waals surface area contributed by atoms with Crippen molar-refractivity contribution in [2.75, 3.05) is 30.8 Å². The Labute approximate surface area is 182 Å². The van der Waals surface area contributed by atoms with Crippen molar-refractivity contribution in [2.45, 2.75) is 19.8 Å². The molecule has 1 N–H and O–H groups in total. The second kappa shape index (κ2) is 10.4. The van der Waals surface area contributed by atoms with Gasteiger partial charge in [-0.2, -0.15) is 0 Å². The van der Waals surface area contributed by atoms with Crippen molar-refractivity contribution in [2.24, 2.45) is 5.92 Å². The first kappa shape index (κ1) is 22.8. The number of esters is 1. The summed E-state index contributed by atoms with van der Waals surface area (Å²) in [5, 5.41) is 2.69. The van der Waals surface area contributed by atoms with E-state index in [9.17, 15) is 18.0 Å². The molecule has 1 heterocycles. The zero-order valence-corrected chi connectivity index (χ0v) is 18.1. The van der Waals surface area contributed by atoms with Gasteiger partial charge in [-0.15, -0.1) is 0 Å². The van der Waals surface area contributed by atoms with Crippen LogP contribution in [0, 0.1) is 5.92 Å². The minimum absolute atomic E-state index is 0.0394. The smallest absolute Gasteiger partial charge is 0.309 e. The highest BCUT2D eigenvalue weighted by atomic mass is 32.2. The molecule has 1 saturated heterocycles. The zero-order chi connectivity index (χ0) is 22.3. The summed E-state index contributed by atoms with van der Waals surface area (Å²) < 4.78 is 36.2. The Morgan fingerprint density at radius 2 is 1.68 bits per heavy atom. The van der Waals surface area contributed by atoms with Crippen molar-refractivity contribution >= 4 is 27.6 Å². The van der Waals surface area contributed by atoms with Crippen LogP contribution in [0.25, 0.3) is 0 Å². The van der Waals surface area contributed by atoms with E-state index in [-0.39, 0.29) is 18.8 Å². The Balaban J connectivity index is 1.49. The van der Waals surface area contributed by atoms with Crippen molar-refractivity contribution in [3.63, 3.8) is 0 Å². The molecule has 1 amide bonds. The highest BCUT2D eigenvalue weighted by molar-refractivity contribution is 7.89. The number of ether oxygens (including phenoxy) is 2. The van der Waals surface area contributed by atoms with Crippen LogP contribution in [0.2, 0.25) is 0 Å². The van der Waals surface area contributed by atoms with Crippen LogP contribution in [0.3, 0.4) is 0 Å².